The molecule has 0 saturated heterocycles. The number of aromatic nitrogens is 2. The standard InChI is InChI=1S/C20H21N3O2S/c24-18(22-15-10-6-1-2-7-11-15)16-12-21-20-23(19(16)25)17(13-26-20)14-8-4-3-5-9-14/h3-5,8-9,12-13,15H,1-2,6-7,10-11H2,(H,22,24). The zero-order valence-electron chi connectivity index (χ0n) is 14.5. The molecule has 4 rings (SSSR count). The molecule has 0 atom stereocenters. The highest BCUT2D eigenvalue weighted by atomic mass is 32.1. The molecule has 1 aromatic carbocycles. The van der Waals surface area contributed by atoms with E-state index < -0.39 is 0 Å². The number of nitrogens with zero attached hydrogens (tertiary/aromatic N) is 2. The van der Waals surface area contributed by atoms with Crippen LogP contribution in [-0.2, 0) is 0 Å². The van der Waals surface area contributed by atoms with Crippen LogP contribution < -0.4 is 10.9 Å². The minimum absolute atomic E-state index is 0.113. The van der Waals surface area contributed by atoms with E-state index in [9.17, 15) is 9.59 Å². The molecule has 2 heterocycles. The van der Waals surface area contributed by atoms with Crippen molar-refractivity contribution < 1.29 is 4.79 Å². The first-order valence-corrected chi connectivity index (χ1v) is 9.97. The molecule has 1 amide bonds. The van der Waals surface area contributed by atoms with Crippen molar-refractivity contribution in [2.45, 2.75) is 44.6 Å². The largest absolute Gasteiger partial charge is 0.349 e. The topological polar surface area (TPSA) is 63.5 Å². The Balaban J connectivity index is 1.69. The molecule has 0 radical (unpaired) electrons. The van der Waals surface area contributed by atoms with Crippen molar-refractivity contribution >= 4 is 22.2 Å². The number of carbonyl (C=O) groups is 1. The van der Waals surface area contributed by atoms with Gasteiger partial charge in [-0.15, -0.1) is 11.3 Å². The monoisotopic (exact) mass is 367 g/mol. The number of thiazole rings is 1. The molecular formula is C20H21N3O2S. The summed E-state index contributed by atoms with van der Waals surface area (Å²) in [5.41, 5.74) is 1.51. The van der Waals surface area contributed by atoms with Crippen LogP contribution in [0.25, 0.3) is 16.2 Å². The summed E-state index contributed by atoms with van der Waals surface area (Å²) >= 11 is 1.40. The van der Waals surface area contributed by atoms with Crippen LogP contribution in [0.2, 0.25) is 0 Å². The number of rotatable bonds is 3. The number of amides is 1. The van der Waals surface area contributed by atoms with Gasteiger partial charge in [-0.05, 0) is 18.4 Å². The average molecular weight is 367 g/mol. The Bertz CT molecular complexity index is 970. The fourth-order valence-corrected chi connectivity index (χ4v) is 4.40. The minimum atomic E-state index is -0.311. The summed E-state index contributed by atoms with van der Waals surface area (Å²) in [5.74, 6) is -0.311. The highest BCUT2D eigenvalue weighted by molar-refractivity contribution is 7.15. The molecule has 1 aliphatic carbocycles. The van der Waals surface area contributed by atoms with E-state index in [4.69, 9.17) is 0 Å². The Morgan fingerprint density at radius 1 is 1.12 bits per heavy atom. The van der Waals surface area contributed by atoms with Crippen LogP contribution >= 0.6 is 11.3 Å². The third-order valence-electron chi connectivity index (χ3n) is 4.95. The number of fused-ring (bicyclic) bond motifs is 1. The van der Waals surface area contributed by atoms with Crippen molar-refractivity contribution in [1.82, 2.24) is 14.7 Å². The van der Waals surface area contributed by atoms with Gasteiger partial charge < -0.3 is 5.32 Å². The van der Waals surface area contributed by atoms with Gasteiger partial charge in [-0.3, -0.25) is 14.0 Å². The normalized spacial score (nSPS) is 15.7. The van der Waals surface area contributed by atoms with E-state index in [-0.39, 0.29) is 23.1 Å². The molecule has 0 spiro atoms. The summed E-state index contributed by atoms with van der Waals surface area (Å²) in [5, 5.41) is 4.95. The number of carbonyl (C=O) groups excluding carboxylic acids is 1. The summed E-state index contributed by atoms with van der Waals surface area (Å²) in [6, 6.07) is 9.85. The van der Waals surface area contributed by atoms with Gasteiger partial charge in [0.15, 0.2) is 4.96 Å². The van der Waals surface area contributed by atoms with Crippen molar-refractivity contribution in [2.75, 3.05) is 0 Å². The van der Waals surface area contributed by atoms with Crippen molar-refractivity contribution in [3.05, 3.63) is 57.8 Å². The van der Waals surface area contributed by atoms with Crippen molar-refractivity contribution in [1.29, 1.82) is 0 Å². The van der Waals surface area contributed by atoms with Gasteiger partial charge in [0, 0.05) is 17.6 Å². The number of benzene rings is 1. The molecule has 3 aromatic rings. The van der Waals surface area contributed by atoms with Crippen LogP contribution in [0.5, 0.6) is 0 Å². The highest BCUT2D eigenvalue weighted by Crippen LogP contribution is 2.23. The number of hydrogen-bond donors (Lipinski definition) is 1. The molecule has 1 fully saturated rings. The van der Waals surface area contributed by atoms with Gasteiger partial charge in [-0.25, -0.2) is 4.98 Å². The predicted octanol–water partition coefficient (Wildman–Crippen LogP) is 3.88. The second-order valence-electron chi connectivity index (χ2n) is 6.74. The Morgan fingerprint density at radius 3 is 2.58 bits per heavy atom. The van der Waals surface area contributed by atoms with Gasteiger partial charge >= 0.3 is 0 Å². The minimum Gasteiger partial charge on any atom is -0.349 e. The first kappa shape index (κ1) is 17.0. The van der Waals surface area contributed by atoms with E-state index in [1.54, 1.807) is 4.40 Å². The SMILES string of the molecule is O=C(NC1CCCCCC1)c1cnc2scc(-c3ccccc3)n2c1=O. The Labute approximate surface area is 155 Å². The molecule has 0 aliphatic heterocycles. The maximum Gasteiger partial charge on any atom is 0.271 e. The molecule has 2 aromatic heterocycles. The maximum absolute atomic E-state index is 13.0. The van der Waals surface area contributed by atoms with Gasteiger partial charge in [0.25, 0.3) is 11.5 Å². The number of nitrogens with one attached hydrogen (secondary N) is 1. The van der Waals surface area contributed by atoms with Crippen LogP contribution in [0.4, 0.5) is 0 Å². The fourth-order valence-electron chi connectivity index (χ4n) is 3.55. The van der Waals surface area contributed by atoms with E-state index in [1.165, 1.54) is 30.4 Å². The molecule has 1 aliphatic rings. The molecule has 0 unspecified atom stereocenters. The van der Waals surface area contributed by atoms with Crippen molar-refractivity contribution in [3.63, 3.8) is 0 Å². The Hall–Kier alpha value is -2.47. The first-order valence-electron chi connectivity index (χ1n) is 9.09. The van der Waals surface area contributed by atoms with Gasteiger partial charge in [-0.1, -0.05) is 56.0 Å². The van der Waals surface area contributed by atoms with Gasteiger partial charge in [0.1, 0.15) is 5.56 Å². The zero-order chi connectivity index (χ0) is 17.9. The van der Waals surface area contributed by atoms with E-state index in [1.807, 2.05) is 35.7 Å². The second kappa shape index (κ2) is 7.41. The summed E-state index contributed by atoms with van der Waals surface area (Å²) < 4.78 is 1.54. The van der Waals surface area contributed by atoms with E-state index in [2.05, 4.69) is 10.3 Å². The van der Waals surface area contributed by atoms with Crippen LogP contribution in [-0.4, -0.2) is 21.3 Å². The fraction of sp³-hybridized carbons (Fsp3) is 0.350. The van der Waals surface area contributed by atoms with Gasteiger partial charge in [0.2, 0.25) is 0 Å². The summed E-state index contributed by atoms with van der Waals surface area (Å²) in [6.07, 6.45) is 8.07. The first-order chi connectivity index (χ1) is 12.7. The van der Waals surface area contributed by atoms with Crippen molar-refractivity contribution in [2.24, 2.45) is 0 Å². The lowest BCUT2D eigenvalue weighted by molar-refractivity contribution is 0.0931. The molecule has 1 N–H and O–H groups in total. The lowest BCUT2D eigenvalue weighted by Crippen LogP contribution is -2.38. The smallest absolute Gasteiger partial charge is 0.271 e. The van der Waals surface area contributed by atoms with E-state index >= 15 is 0 Å². The quantitative estimate of drug-likeness (QED) is 0.715. The Kier molecular flexibility index (Phi) is 4.84. The summed E-state index contributed by atoms with van der Waals surface area (Å²) in [4.78, 5) is 30.6. The molecule has 5 nitrogen and oxygen atoms in total. The molecule has 0 bridgehead atoms. The zero-order valence-corrected chi connectivity index (χ0v) is 15.3. The molecule has 26 heavy (non-hydrogen) atoms. The molecular weight excluding hydrogens is 346 g/mol. The lowest BCUT2D eigenvalue weighted by Gasteiger charge is -2.15. The van der Waals surface area contributed by atoms with Gasteiger partial charge in [0.05, 0.1) is 5.69 Å². The molecule has 6 heteroatoms. The predicted molar refractivity (Wildman–Crippen MR) is 104 cm³/mol. The van der Waals surface area contributed by atoms with Crippen LogP contribution in [0, 0.1) is 0 Å². The third kappa shape index (κ3) is 3.29. The van der Waals surface area contributed by atoms with E-state index in [0.29, 0.717) is 4.96 Å². The van der Waals surface area contributed by atoms with E-state index in [0.717, 1.165) is 36.9 Å². The van der Waals surface area contributed by atoms with Crippen LogP contribution in [0.3, 0.4) is 0 Å². The molecule has 134 valence electrons. The van der Waals surface area contributed by atoms with Crippen LogP contribution in [0.15, 0.2) is 46.7 Å². The van der Waals surface area contributed by atoms with Crippen molar-refractivity contribution in [3.8, 4) is 11.3 Å². The maximum atomic E-state index is 13.0. The highest BCUT2D eigenvalue weighted by Gasteiger charge is 2.20. The number of hydrogen-bond acceptors (Lipinski definition) is 4. The second-order valence-corrected chi connectivity index (χ2v) is 7.58. The third-order valence-corrected chi connectivity index (χ3v) is 5.79. The lowest BCUT2D eigenvalue weighted by atomic mass is 10.1. The Morgan fingerprint density at radius 2 is 1.85 bits per heavy atom. The summed E-state index contributed by atoms with van der Waals surface area (Å²) in [7, 11) is 0. The molecule has 1 saturated carbocycles. The average Bonchev–Trinajstić information content (AvgIpc) is 2.94. The summed E-state index contributed by atoms with van der Waals surface area (Å²) in [6.45, 7) is 0. The van der Waals surface area contributed by atoms with Crippen LogP contribution in [0.1, 0.15) is 48.9 Å². The van der Waals surface area contributed by atoms with Gasteiger partial charge in [-0.2, -0.15) is 0 Å².